The highest BCUT2D eigenvalue weighted by Gasteiger charge is 2.25. The monoisotopic (exact) mass is 527 g/mol. The van der Waals surface area contributed by atoms with E-state index in [0.29, 0.717) is 43.1 Å². The maximum atomic E-state index is 13.8. The molecule has 39 heavy (non-hydrogen) atoms. The fourth-order valence-corrected chi connectivity index (χ4v) is 4.73. The largest absolute Gasteiger partial charge is 0.497 e. The molecule has 7 heteroatoms. The van der Waals surface area contributed by atoms with Crippen LogP contribution >= 0.6 is 0 Å². The van der Waals surface area contributed by atoms with Crippen molar-refractivity contribution in [2.24, 2.45) is 0 Å². The third-order valence-electron chi connectivity index (χ3n) is 6.92. The molecule has 7 nitrogen and oxygen atoms in total. The second kappa shape index (κ2) is 13.0. The molecule has 0 spiro atoms. The number of nitrogens with one attached hydrogen (secondary N) is 1. The van der Waals surface area contributed by atoms with Crippen molar-refractivity contribution in [2.45, 2.75) is 33.2 Å². The van der Waals surface area contributed by atoms with Crippen LogP contribution in [0.1, 0.15) is 40.4 Å². The number of rotatable bonds is 12. The summed E-state index contributed by atoms with van der Waals surface area (Å²) in [5, 5.41) is 1.16. The van der Waals surface area contributed by atoms with Gasteiger partial charge in [0.1, 0.15) is 18.0 Å². The minimum Gasteiger partial charge on any atom is -0.497 e. The maximum Gasteiger partial charge on any atom is 0.258 e. The van der Waals surface area contributed by atoms with Gasteiger partial charge in [-0.15, -0.1) is 0 Å². The van der Waals surface area contributed by atoms with Crippen LogP contribution in [0.3, 0.4) is 0 Å². The molecule has 2 amide bonds. The normalized spacial score (nSPS) is 10.9. The number of amides is 2. The van der Waals surface area contributed by atoms with Gasteiger partial charge in [-0.3, -0.25) is 9.59 Å². The number of nitrogens with zero attached hydrogens (tertiary/aromatic N) is 2. The standard InChI is InChI=1S/C32H37N3O4/c1-5-17-35(32(37)28-15-14-26(38-3)19-30(28)39-4)22-31(36)34(21-24-12-10-23(2)11-13-24)18-16-25-20-33-29-9-7-6-8-27(25)29/h6-15,19-20,33H,5,16-18,21-22H2,1-4H3. The molecule has 0 aliphatic rings. The van der Waals surface area contributed by atoms with Gasteiger partial charge in [0.25, 0.3) is 5.91 Å². The van der Waals surface area contributed by atoms with E-state index in [1.807, 2.05) is 37.1 Å². The first-order valence-electron chi connectivity index (χ1n) is 13.3. The van der Waals surface area contributed by atoms with Gasteiger partial charge in [0, 0.05) is 42.8 Å². The number of aromatic amines is 1. The fraction of sp³-hybridized carbons (Fsp3) is 0.312. The third-order valence-corrected chi connectivity index (χ3v) is 6.92. The third kappa shape index (κ3) is 6.79. The van der Waals surface area contributed by atoms with Crippen molar-refractivity contribution >= 4 is 22.7 Å². The zero-order valence-corrected chi connectivity index (χ0v) is 23.2. The van der Waals surface area contributed by atoms with E-state index in [4.69, 9.17) is 9.47 Å². The molecule has 0 fully saturated rings. The number of carbonyl (C=O) groups excluding carboxylic acids is 2. The molecule has 1 heterocycles. The van der Waals surface area contributed by atoms with Crippen molar-refractivity contribution in [3.05, 3.63) is 95.2 Å². The Bertz CT molecular complexity index is 1410. The van der Waals surface area contributed by atoms with Crippen LogP contribution in [-0.4, -0.2) is 60.5 Å². The van der Waals surface area contributed by atoms with Crippen molar-refractivity contribution in [3.8, 4) is 11.5 Å². The van der Waals surface area contributed by atoms with E-state index in [0.717, 1.165) is 28.5 Å². The summed E-state index contributed by atoms with van der Waals surface area (Å²) in [4.78, 5) is 34.2. The molecule has 0 radical (unpaired) electrons. The van der Waals surface area contributed by atoms with Gasteiger partial charge in [-0.1, -0.05) is 55.0 Å². The van der Waals surface area contributed by atoms with E-state index in [2.05, 4.69) is 41.4 Å². The molecule has 0 saturated carbocycles. The summed E-state index contributed by atoms with van der Waals surface area (Å²) in [5.74, 6) is 0.688. The summed E-state index contributed by atoms with van der Waals surface area (Å²) in [6, 6.07) is 21.5. The predicted molar refractivity (Wildman–Crippen MR) is 154 cm³/mol. The second-order valence-corrected chi connectivity index (χ2v) is 9.70. The quantitative estimate of drug-likeness (QED) is 0.260. The Balaban J connectivity index is 1.56. The Morgan fingerprint density at radius 2 is 1.67 bits per heavy atom. The zero-order chi connectivity index (χ0) is 27.8. The minimum absolute atomic E-state index is 0.0123. The van der Waals surface area contributed by atoms with Crippen molar-refractivity contribution < 1.29 is 19.1 Å². The van der Waals surface area contributed by atoms with E-state index in [1.54, 1.807) is 30.2 Å². The van der Waals surface area contributed by atoms with Crippen molar-refractivity contribution in [2.75, 3.05) is 33.9 Å². The van der Waals surface area contributed by atoms with E-state index in [-0.39, 0.29) is 18.4 Å². The van der Waals surface area contributed by atoms with Gasteiger partial charge in [-0.05, 0) is 49.1 Å². The number of fused-ring (bicyclic) bond motifs is 1. The Hall–Kier alpha value is -4.26. The molecule has 1 N–H and O–H groups in total. The van der Waals surface area contributed by atoms with Gasteiger partial charge in [-0.2, -0.15) is 0 Å². The molecular formula is C32H37N3O4. The molecule has 204 valence electrons. The number of ether oxygens (including phenoxy) is 2. The van der Waals surface area contributed by atoms with Gasteiger partial charge in [0.15, 0.2) is 0 Å². The van der Waals surface area contributed by atoms with Crippen molar-refractivity contribution in [3.63, 3.8) is 0 Å². The summed E-state index contributed by atoms with van der Waals surface area (Å²) < 4.78 is 10.7. The molecular weight excluding hydrogens is 490 g/mol. The molecule has 0 aliphatic heterocycles. The van der Waals surface area contributed by atoms with E-state index in [9.17, 15) is 9.59 Å². The number of benzene rings is 3. The number of hydrogen-bond acceptors (Lipinski definition) is 4. The summed E-state index contributed by atoms with van der Waals surface area (Å²) in [6.07, 6.45) is 3.45. The first kappa shape index (κ1) is 27.8. The number of aryl methyl sites for hydroxylation is 1. The van der Waals surface area contributed by atoms with Gasteiger partial charge < -0.3 is 24.3 Å². The summed E-state index contributed by atoms with van der Waals surface area (Å²) in [5.41, 5.74) is 4.87. The Labute approximate surface area is 230 Å². The number of H-pyrrole nitrogens is 1. The highest BCUT2D eigenvalue weighted by atomic mass is 16.5. The predicted octanol–water partition coefficient (Wildman–Crippen LogP) is 5.62. The molecule has 0 unspecified atom stereocenters. The van der Waals surface area contributed by atoms with Crippen LogP contribution in [0.25, 0.3) is 10.9 Å². The highest BCUT2D eigenvalue weighted by molar-refractivity contribution is 5.99. The lowest BCUT2D eigenvalue weighted by atomic mass is 10.1. The lowest BCUT2D eigenvalue weighted by molar-refractivity contribution is -0.132. The van der Waals surface area contributed by atoms with Crippen LogP contribution in [0.4, 0.5) is 0 Å². The summed E-state index contributed by atoms with van der Waals surface area (Å²) in [6.45, 7) is 5.50. The maximum absolute atomic E-state index is 13.8. The van der Waals surface area contributed by atoms with Crippen LogP contribution in [0.15, 0.2) is 72.9 Å². The number of hydrogen-bond donors (Lipinski definition) is 1. The van der Waals surface area contributed by atoms with Crippen LogP contribution in [0, 0.1) is 6.92 Å². The first-order chi connectivity index (χ1) is 18.9. The van der Waals surface area contributed by atoms with Gasteiger partial charge in [-0.25, -0.2) is 0 Å². The molecule has 0 atom stereocenters. The first-order valence-corrected chi connectivity index (χ1v) is 13.3. The Kier molecular flexibility index (Phi) is 9.26. The number of aromatic nitrogens is 1. The average Bonchev–Trinajstić information content (AvgIpc) is 3.38. The molecule has 1 aromatic heterocycles. The Morgan fingerprint density at radius 1 is 0.897 bits per heavy atom. The molecule has 3 aromatic carbocycles. The number of carbonyl (C=O) groups is 2. The topological polar surface area (TPSA) is 74.9 Å². The molecule has 4 aromatic rings. The molecule has 0 aliphatic carbocycles. The highest BCUT2D eigenvalue weighted by Crippen LogP contribution is 2.26. The minimum atomic E-state index is -0.239. The molecule has 0 saturated heterocycles. The van der Waals surface area contributed by atoms with Gasteiger partial charge in [0.05, 0.1) is 19.8 Å². The van der Waals surface area contributed by atoms with Crippen LogP contribution in [0.5, 0.6) is 11.5 Å². The van der Waals surface area contributed by atoms with E-state index >= 15 is 0 Å². The smallest absolute Gasteiger partial charge is 0.258 e. The van der Waals surface area contributed by atoms with E-state index < -0.39 is 0 Å². The molecule has 0 bridgehead atoms. The van der Waals surface area contributed by atoms with E-state index in [1.165, 1.54) is 12.7 Å². The lowest BCUT2D eigenvalue weighted by Crippen LogP contribution is -2.43. The van der Waals surface area contributed by atoms with Gasteiger partial charge in [0.2, 0.25) is 5.91 Å². The van der Waals surface area contributed by atoms with Crippen molar-refractivity contribution in [1.82, 2.24) is 14.8 Å². The Morgan fingerprint density at radius 3 is 2.38 bits per heavy atom. The number of para-hydroxylation sites is 1. The van der Waals surface area contributed by atoms with Crippen LogP contribution in [0.2, 0.25) is 0 Å². The summed E-state index contributed by atoms with van der Waals surface area (Å²) in [7, 11) is 3.09. The number of methoxy groups -OCH3 is 2. The van der Waals surface area contributed by atoms with Crippen molar-refractivity contribution in [1.29, 1.82) is 0 Å². The lowest BCUT2D eigenvalue weighted by Gasteiger charge is -2.28. The zero-order valence-electron chi connectivity index (χ0n) is 23.2. The fourth-order valence-electron chi connectivity index (χ4n) is 4.73. The van der Waals surface area contributed by atoms with Crippen LogP contribution < -0.4 is 9.47 Å². The second-order valence-electron chi connectivity index (χ2n) is 9.70. The average molecular weight is 528 g/mol. The SMILES string of the molecule is CCCN(CC(=O)N(CCc1c[nH]c2ccccc12)Cc1ccc(C)cc1)C(=O)c1ccc(OC)cc1OC. The summed E-state index contributed by atoms with van der Waals surface area (Å²) >= 11 is 0. The van der Waals surface area contributed by atoms with Gasteiger partial charge >= 0.3 is 0 Å². The molecule has 4 rings (SSSR count). The van der Waals surface area contributed by atoms with Crippen LogP contribution in [-0.2, 0) is 17.8 Å².